The number of allylic oxidation sites excluding steroid dienone is 2. The molecule has 0 saturated carbocycles. The van der Waals surface area contributed by atoms with Gasteiger partial charge in [-0.2, -0.15) is 0 Å². The van der Waals surface area contributed by atoms with Crippen LogP contribution in [0.4, 0.5) is 0 Å². The summed E-state index contributed by atoms with van der Waals surface area (Å²) < 4.78 is 33.9. The molecule has 0 aromatic carbocycles. The highest BCUT2D eigenvalue weighted by Crippen LogP contribution is 2.45. The fraction of sp³-hybridized carbons (Fsp3) is 0.778. The van der Waals surface area contributed by atoms with Crippen LogP contribution in [0.15, 0.2) is 12.2 Å². The molecule has 1 unspecified atom stereocenters. The molecular formula is C18H29BrO6S. The van der Waals surface area contributed by atoms with Gasteiger partial charge in [0.25, 0.3) is 0 Å². The minimum absolute atomic E-state index is 0.0927. The number of hydrogen-bond acceptors (Lipinski definition) is 6. The molecule has 1 aliphatic carbocycles. The molecule has 0 aliphatic heterocycles. The molecule has 0 fully saturated rings. The van der Waals surface area contributed by atoms with E-state index in [0.717, 1.165) is 0 Å². The van der Waals surface area contributed by atoms with E-state index in [9.17, 15) is 18.0 Å². The number of rotatable bonds is 8. The van der Waals surface area contributed by atoms with Crippen LogP contribution in [0.3, 0.4) is 0 Å². The third kappa shape index (κ3) is 4.50. The molecule has 0 N–H and O–H groups in total. The quantitative estimate of drug-likeness (QED) is 0.242. The van der Waals surface area contributed by atoms with E-state index in [1.54, 1.807) is 40.7 Å². The first-order chi connectivity index (χ1) is 11.9. The summed E-state index contributed by atoms with van der Waals surface area (Å²) in [5.74, 6) is -1.93. The number of halogens is 1. The molecule has 0 heterocycles. The molecule has 1 aliphatic rings. The van der Waals surface area contributed by atoms with Gasteiger partial charge < -0.3 is 9.47 Å². The topological polar surface area (TPSA) is 86.7 Å². The van der Waals surface area contributed by atoms with Crippen molar-refractivity contribution in [3.8, 4) is 0 Å². The van der Waals surface area contributed by atoms with Crippen molar-refractivity contribution in [2.45, 2.75) is 62.8 Å². The molecule has 1 rings (SSSR count). The lowest BCUT2D eigenvalue weighted by atomic mass is 9.72. The Kier molecular flexibility index (Phi) is 7.89. The van der Waals surface area contributed by atoms with Gasteiger partial charge in [-0.15, -0.1) is 0 Å². The fourth-order valence-corrected chi connectivity index (χ4v) is 6.46. The second kappa shape index (κ2) is 8.87. The smallest absolute Gasteiger partial charge is 0.324 e. The number of hydrogen-bond donors (Lipinski definition) is 0. The predicted octanol–water partition coefficient (Wildman–Crippen LogP) is 3.39. The van der Waals surface area contributed by atoms with Crippen molar-refractivity contribution in [1.82, 2.24) is 0 Å². The van der Waals surface area contributed by atoms with Crippen molar-refractivity contribution in [1.29, 1.82) is 0 Å². The summed E-state index contributed by atoms with van der Waals surface area (Å²) in [5.41, 5.74) is -1.69. The van der Waals surface area contributed by atoms with Crippen molar-refractivity contribution >= 4 is 37.7 Å². The average molecular weight is 453 g/mol. The van der Waals surface area contributed by atoms with E-state index in [0.29, 0.717) is 12.8 Å². The Hall–Kier alpha value is -0.890. The zero-order valence-corrected chi connectivity index (χ0v) is 18.5. The van der Waals surface area contributed by atoms with Crippen LogP contribution in [-0.2, 0) is 28.9 Å². The monoisotopic (exact) mass is 452 g/mol. The largest absolute Gasteiger partial charge is 0.465 e. The number of alkyl halides is 1. The molecule has 6 nitrogen and oxygen atoms in total. The summed E-state index contributed by atoms with van der Waals surface area (Å²) in [6, 6.07) is 0. The summed E-state index contributed by atoms with van der Waals surface area (Å²) in [4.78, 5) is 25.8. The molecule has 0 amide bonds. The first kappa shape index (κ1) is 23.1. The van der Waals surface area contributed by atoms with Crippen LogP contribution in [0.1, 0.15) is 53.9 Å². The Balaban J connectivity index is 3.44. The van der Waals surface area contributed by atoms with Crippen LogP contribution in [0.2, 0.25) is 0 Å². The van der Waals surface area contributed by atoms with Crippen molar-refractivity contribution in [2.24, 2.45) is 11.3 Å². The van der Waals surface area contributed by atoms with Gasteiger partial charge in [-0.1, -0.05) is 28.1 Å². The maximum absolute atomic E-state index is 12.9. The van der Waals surface area contributed by atoms with Crippen LogP contribution in [0, 0.1) is 11.3 Å². The maximum Gasteiger partial charge on any atom is 0.324 e. The molecular weight excluding hydrogens is 424 g/mol. The standard InChI is InChI=1S/C18H29BrO6S/c1-6-24-15(20)18(16(21)25-7-2,13-10-8-9-11-13)12-14(19)26(22,23)17(3,4)5/h8,10,13-14H,6-7,9,11-12H2,1-5H3/t13-,14?/m1/s1. The second-order valence-corrected chi connectivity index (χ2v) is 11.9. The SMILES string of the molecule is CCOC(=O)C(CC(Br)S(=O)(=O)C(C)(C)C)(C(=O)OCC)[C@@H]1C=CCC1. The third-order valence-corrected chi connectivity index (χ3v) is 8.95. The van der Waals surface area contributed by atoms with Gasteiger partial charge in [0.05, 0.1) is 18.0 Å². The van der Waals surface area contributed by atoms with Crippen LogP contribution < -0.4 is 0 Å². The molecule has 8 heteroatoms. The van der Waals surface area contributed by atoms with Crippen LogP contribution in [0.5, 0.6) is 0 Å². The van der Waals surface area contributed by atoms with Crippen molar-refractivity contribution in [3.63, 3.8) is 0 Å². The lowest BCUT2D eigenvalue weighted by Gasteiger charge is -2.36. The summed E-state index contributed by atoms with van der Waals surface area (Å²) >= 11 is 3.23. The van der Waals surface area contributed by atoms with E-state index in [2.05, 4.69) is 15.9 Å². The summed E-state index contributed by atoms with van der Waals surface area (Å²) in [6.07, 6.45) is 4.72. The summed E-state index contributed by atoms with van der Waals surface area (Å²) in [7, 11) is -3.66. The number of sulfone groups is 1. The van der Waals surface area contributed by atoms with E-state index in [-0.39, 0.29) is 19.6 Å². The van der Waals surface area contributed by atoms with Crippen molar-refractivity contribution in [2.75, 3.05) is 13.2 Å². The highest BCUT2D eigenvalue weighted by molar-refractivity contribution is 9.11. The highest BCUT2D eigenvalue weighted by Gasteiger charge is 2.57. The highest BCUT2D eigenvalue weighted by atomic mass is 79.9. The zero-order chi connectivity index (χ0) is 20.2. The van der Waals surface area contributed by atoms with E-state index >= 15 is 0 Å². The summed E-state index contributed by atoms with van der Waals surface area (Å²) in [6.45, 7) is 8.24. The normalized spacial score (nSPS) is 19.2. The Labute approximate surface area is 164 Å². The van der Waals surface area contributed by atoms with E-state index in [1.165, 1.54) is 0 Å². The minimum Gasteiger partial charge on any atom is -0.465 e. The summed E-state index contributed by atoms with van der Waals surface area (Å²) in [5, 5.41) is 0. The molecule has 0 aromatic rings. The molecule has 150 valence electrons. The Bertz CT molecular complexity index is 629. The van der Waals surface area contributed by atoms with Gasteiger partial charge in [-0.3, -0.25) is 9.59 Å². The lowest BCUT2D eigenvalue weighted by molar-refractivity contribution is -0.176. The molecule has 0 spiro atoms. The van der Waals surface area contributed by atoms with Gasteiger partial charge in [-0.25, -0.2) is 8.42 Å². The van der Waals surface area contributed by atoms with Gasteiger partial charge in [0, 0.05) is 12.3 Å². The van der Waals surface area contributed by atoms with Gasteiger partial charge in [0.2, 0.25) is 0 Å². The van der Waals surface area contributed by atoms with Crippen LogP contribution >= 0.6 is 15.9 Å². The first-order valence-corrected chi connectivity index (χ1v) is 11.3. The molecule has 0 radical (unpaired) electrons. The number of esters is 2. The van der Waals surface area contributed by atoms with E-state index in [4.69, 9.17) is 9.47 Å². The molecule has 0 saturated heterocycles. The van der Waals surface area contributed by atoms with Gasteiger partial charge in [0.15, 0.2) is 15.3 Å². The fourth-order valence-electron chi connectivity index (χ4n) is 3.01. The maximum atomic E-state index is 12.9. The Morgan fingerprint density at radius 3 is 2.00 bits per heavy atom. The third-order valence-electron chi connectivity index (χ3n) is 4.60. The van der Waals surface area contributed by atoms with E-state index in [1.807, 2.05) is 6.08 Å². The van der Waals surface area contributed by atoms with Crippen LogP contribution in [-0.4, -0.2) is 42.5 Å². The number of carbonyl (C=O) groups is 2. The average Bonchev–Trinajstić information content (AvgIpc) is 3.06. The van der Waals surface area contributed by atoms with Crippen molar-refractivity contribution in [3.05, 3.63) is 12.2 Å². The number of ether oxygens (including phenoxy) is 2. The molecule has 0 bridgehead atoms. The molecule has 2 atom stereocenters. The van der Waals surface area contributed by atoms with Gasteiger partial charge >= 0.3 is 11.9 Å². The Morgan fingerprint density at radius 2 is 1.65 bits per heavy atom. The van der Waals surface area contributed by atoms with Gasteiger partial charge in [0.1, 0.15) is 4.16 Å². The minimum atomic E-state index is -3.66. The predicted molar refractivity (Wildman–Crippen MR) is 104 cm³/mol. The second-order valence-electron chi connectivity index (χ2n) is 7.30. The molecule has 26 heavy (non-hydrogen) atoms. The Morgan fingerprint density at radius 1 is 1.15 bits per heavy atom. The van der Waals surface area contributed by atoms with Crippen LogP contribution in [0.25, 0.3) is 0 Å². The van der Waals surface area contributed by atoms with Gasteiger partial charge in [-0.05, 0) is 47.5 Å². The molecule has 0 aromatic heterocycles. The van der Waals surface area contributed by atoms with E-state index < -0.39 is 42.0 Å². The zero-order valence-electron chi connectivity index (χ0n) is 16.1. The lowest BCUT2D eigenvalue weighted by Crippen LogP contribution is -2.50. The number of carbonyl (C=O) groups excluding carboxylic acids is 2. The van der Waals surface area contributed by atoms with Crippen molar-refractivity contribution < 1.29 is 27.5 Å². The first-order valence-electron chi connectivity index (χ1n) is 8.83.